The van der Waals surface area contributed by atoms with Gasteiger partial charge in [-0.15, -0.1) is 0 Å². The highest BCUT2D eigenvalue weighted by atomic mass is 79.9. The topological polar surface area (TPSA) is 21.3 Å². The van der Waals surface area contributed by atoms with Crippen molar-refractivity contribution in [2.45, 2.75) is 58.5 Å². The highest BCUT2D eigenvalue weighted by molar-refractivity contribution is 9.10. The second-order valence-corrected chi connectivity index (χ2v) is 6.24. The Balaban J connectivity index is 2.78. The van der Waals surface area contributed by atoms with Crippen LogP contribution in [0, 0.1) is 0 Å². The van der Waals surface area contributed by atoms with Gasteiger partial charge in [0.25, 0.3) is 0 Å². The van der Waals surface area contributed by atoms with E-state index in [4.69, 9.17) is 4.74 Å². The maximum atomic E-state index is 5.46. The standard InChI is InChI=1S/C16H26BrNO/c1-5-6-7-15(18-12(2)3)11-13-10-14(17)8-9-16(13)19-4/h8-10,12,15,18H,5-7,11H2,1-4H3. The van der Waals surface area contributed by atoms with Gasteiger partial charge in [0.2, 0.25) is 0 Å². The van der Waals surface area contributed by atoms with E-state index in [0.29, 0.717) is 12.1 Å². The summed E-state index contributed by atoms with van der Waals surface area (Å²) in [5.41, 5.74) is 1.27. The average molecular weight is 328 g/mol. The first kappa shape index (κ1) is 16.5. The Morgan fingerprint density at radius 2 is 2.05 bits per heavy atom. The largest absolute Gasteiger partial charge is 0.496 e. The molecule has 0 bridgehead atoms. The number of unbranched alkanes of at least 4 members (excludes halogenated alkanes) is 1. The predicted molar refractivity (Wildman–Crippen MR) is 86.0 cm³/mol. The van der Waals surface area contributed by atoms with E-state index in [2.05, 4.69) is 48.1 Å². The number of rotatable bonds is 8. The molecule has 0 aliphatic heterocycles. The molecule has 3 heteroatoms. The van der Waals surface area contributed by atoms with E-state index in [1.165, 1.54) is 24.8 Å². The van der Waals surface area contributed by atoms with Crippen molar-refractivity contribution in [1.29, 1.82) is 0 Å². The maximum absolute atomic E-state index is 5.46. The molecule has 1 unspecified atom stereocenters. The molecule has 1 atom stereocenters. The fourth-order valence-corrected chi connectivity index (χ4v) is 2.75. The molecule has 19 heavy (non-hydrogen) atoms. The van der Waals surface area contributed by atoms with Crippen LogP contribution in [0.3, 0.4) is 0 Å². The Labute approximate surface area is 126 Å². The summed E-state index contributed by atoms with van der Waals surface area (Å²) in [6.07, 6.45) is 4.73. The monoisotopic (exact) mass is 327 g/mol. The Morgan fingerprint density at radius 3 is 2.63 bits per heavy atom. The van der Waals surface area contributed by atoms with Gasteiger partial charge in [0.15, 0.2) is 0 Å². The lowest BCUT2D eigenvalue weighted by Crippen LogP contribution is -2.36. The fourth-order valence-electron chi connectivity index (χ4n) is 2.34. The lowest BCUT2D eigenvalue weighted by Gasteiger charge is -2.22. The van der Waals surface area contributed by atoms with Crippen LogP contribution < -0.4 is 10.1 Å². The zero-order valence-corrected chi connectivity index (χ0v) is 14.1. The van der Waals surface area contributed by atoms with Crippen LogP contribution in [-0.4, -0.2) is 19.2 Å². The Hall–Kier alpha value is -0.540. The van der Waals surface area contributed by atoms with Gasteiger partial charge in [0.05, 0.1) is 7.11 Å². The van der Waals surface area contributed by atoms with E-state index in [1.807, 2.05) is 12.1 Å². The molecule has 0 aromatic heterocycles. The van der Waals surface area contributed by atoms with Gasteiger partial charge < -0.3 is 10.1 Å². The number of halogens is 1. The van der Waals surface area contributed by atoms with Gasteiger partial charge in [-0.05, 0) is 36.6 Å². The third-order valence-electron chi connectivity index (χ3n) is 3.18. The number of ether oxygens (including phenoxy) is 1. The Bertz CT molecular complexity index is 379. The average Bonchev–Trinajstić information content (AvgIpc) is 2.35. The van der Waals surface area contributed by atoms with Crippen LogP contribution >= 0.6 is 15.9 Å². The maximum Gasteiger partial charge on any atom is 0.122 e. The van der Waals surface area contributed by atoms with E-state index >= 15 is 0 Å². The summed E-state index contributed by atoms with van der Waals surface area (Å²) in [6, 6.07) is 7.26. The molecule has 1 aromatic rings. The van der Waals surface area contributed by atoms with E-state index < -0.39 is 0 Å². The second kappa shape index (κ2) is 8.60. The molecule has 108 valence electrons. The molecule has 0 aliphatic carbocycles. The number of hydrogen-bond donors (Lipinski definition) is 1. The van der Waals surface area contributed by atoms with Gasteiger partial charge in [0.1, 0.15) is 5.75 Å². The van der Waals surface area contributed by atoms with Gasteiger partial charge in [-0.1, -0.05) is 49.5 Å². The minimum atomic E-state index is 0.514. The van der Waals surface area contributed by atoms with Gasteiger partial charge in [-0.25, -0.2) is 0 Å². The first-order chi connectivity index (χ1) is 9.06. The van der Waals surface area contributed by atoms with Crippen molar-refractivity contribution >= 4 is 15.9 Å². The van der Waals surface area contributed by atoms with Crippen LogP contribution in [0.25, 0.3) is 0 Å². The van der Waals surface area contributed by atoms with Crippen LogP contribution in [0.4, 0.5) is 0 Å². The normalized spacial score (nSPS) is 12.7. The predicted octanol–water partition coefficient (Wildman–Crippen LogP) is 4.56. The number of nitrogens with one attached hydrogen (secondary N) is 1. The molecular formula is C16H26BrNO. The third-order valence-corrected chi connectivity index (χ3v) is 3.68. The minimum absolute atomic E-state index is 0.514. The van der Waals surface area contributed by atoms with E-state index in [1.54, 1.807) is 7.11 Å². The molecular weight excluding hydrogens is 302 g/mol. The number of methoxy groups -OCH3 is 1. The minimum Gasteiger partial charge on any atom is -0.496 e. The molecule has 0 heterocycles. The molecule has 0 aliphatic rings. The summed E-state index contributed by atoms with van der Waals surface area (Å²) in [5.74, 6) is 0.982. The van der Waals surface area contributed by atoms with Crippen LogP contribution in [0.15, 0.2) is 22.7 Å². The lowest BCUT2D eigenvalue weighted by molar-refractivity contribution is 0.393. The van der Waals surface area contributed by atoms with Gasteiger partial charge in [0, 0.05) is 16.6 Å². The van der Waals surface area contributed by atoms with Crippen molar-refractivity contribution in [3.8, 4) is 5.75 Å². The van der Waals surface area contributed by atoms with Gasteiger partial charge >= 0.3 is 0 Å². The first-order valence-electron chi connectivity index (χ1n) is 7.15. The van der Waals surface area contributed by atoms with Crippen LogP contribution in [-0.2, 0) is 6.42 Å². The molecule has 0 amide bonds. The smallest absolute Gasteiger partial charge is 0.122 e. The van der Waals surface area contributed by atoms with Crippen molar-refractivity contribution in [2.24, 2.45) is 0 Å². The van der Waals surface area contributed by atoms with Gasteiger partial charge in [-0.2, -0.15) is 0 Å². The zero-order chi connectivity index (χ0) is 14.3. The summed E-state index contributed by atoms with van der Waals surface area (Å²) >= 11 is 3.54. The SMILES string of the molecule is CCCCC(Cc1cc(Br)ccc1OC)NC(C)C. The third kappa shape index (κ3) is 5.96. The fraction of sp³-hybridized carbons (Fsp3) is 0.625. The summed E-state index contributed by atoms with van der Waals surface area (Å²) in [6.45, 7) is 6.65. The summed E-state index contributed by atoms with van der Waals surface area (Å²) < 4.78 is 6.58. The van der Waals surface area contributed by atoms with Crippen molar-refractivity contribution in [1.82, 2.24) is 5.32 Å². The van der Waals surface area contributed by atoms with Crippen molar-refractivity contribution in [2.75, 3.05) is 7.11 Å². The second-order valence-electron chi connectivity index (χ2n) is 5.32. The molecule has 0 radical (unpaired) electrons. The summed E-state index contributed by atoms with van der Waals surface area (Å²) in [5, 5.41) is 3.66. The van der Waals surface area contributed by atoms with Gasteiger partial charge in [-0.3, -0.25) is 0 Å². The number of benzene rings is 1. The molecule has 2 nitrogen and oxygen atoms in total. The van der Waals surface area contributed by atoms with E-state index in [-0.39, 0.29) is 0 Å². The van der Waals surface area contributed by atoms with E-state index in [0.717, 1.165) is 16.6 Å². The van der Waals surface area contributed by atoms with Crippen LogP contribution in [0.1, 0.15) is 45.6 Å². The van der Waals surface area contributed by atoms with E-state index in [9.17, 15) is 0 Å². The summed E-state index contributed by atoms with van der Waals surface area (Å²) in [4.78, 5) is 0. The molecule has 0 saturated heterocycles. The Kier molecular flexibility index (Phi) is 7.47. The Morgan fingerprint density at radius 1 is 1.32 bits per heavy atom. The highest BCUT2D eigenvalue weighted by Gasteiger charge is 2.13. The molecule has 0 spiro atoms. The zero-order valence-electron chi connectivity index (χ0n) is 12.5. The quantitative estimate of drug-likeness (QED) is 0.755. The van der Waals surface area contributed by atoms with Crippen LogP contribution in [0.2, 0.25) is 0 Å². The molecule has 1 aromatic carbocycles. The van der Waals surface area contributed by atoms with Crippen molar-refractivity contribution in [3.05, 3.63) is 28.2 Å². The highest BCUT2D eigenvalue weighted by Crippen LogP contribution is 2.25. The molecule has 0 fully saturated rings. The lowest BCUT2D eigenvalue weighted by atomic mass is 9.99. The van der Waals surface area contributed by atoms with Crippen molar-refractivity contribution < 1.29 is 4.74 Å². The molecule has 1 rings (SSSR count). The number of hydrogen-bond acceptors (Lipinski definition) is 2. The summed E-state index contributed by atoms with van der Waals surface area (Å²) in [7, 11) is 1.74. The molecule has 1 N–H and O–H groups in total. The van der Waals surface area contributed by atoms with Crippen LogP contribution in [0.5, 0.6) is 5.75 Å². The molecule has 0 saturated carbocycles. The first-order valence-corrected chi connectivity index (χ1v) is 7.94. The van der Waals surface area contributed by atoms with Crippen molar-refractivity contribution in [3.63, 3.8) is 0 Å².